The molecule has 1 aromatic rings. The number of aryl methyl sites for hydroxylation is 2. The summed E-state index contributed by atoms with van der Waals surface area (Å²) in [4.78, 5) is 11.0. The lowest BCUT2D eigenvalue weighted by Gasteiger charge is -2.20. The van der Waals surface area contributed by atoms with E-state index in [-0.39, 0.29) is 18.2 Å². The lowest BCUT2D eigenvalue weighted by molar-refractivity contribution is -0.148. The van der Waals surface area contributed by atoms with Crippen LogP contribution in [0.4, 0.5) is 0 Å². The number of nitrogens with one attached hydrogen (secondary N) is 1. The highest BCUT2D eigenvalue weighted by molar-refractivity contribution is 5.66. The van der Waals surface area contributed by atoms with Gasteiger partial charge < -0.3 is 14.8 Å². The summed E-state index contributed by atoms with van der Waals surface area (Å²) in [6, 6.07) is 6.00. The van der Waals surface area contributed by atoms with Gasteiger partial charge in [0.2, 0.25) is 0 Å². The number of esters is 1. The molecule has 2 atom stereocenters. The third-order valence-corrected chi connectivity index (χ3v) is 3.19. The predicted molar refractivity (Wildman–Crippen MR) is 68.8 cm³/mol. The van der Waals surface area contributed by atoms with E-state index in [0.717, 1.165) is 5.75 Å². The van der Waals surface area contributed by atoms with E-state index in [2.05, 4.69) is 19.2 Å². The van der Waals surface area contributed by atoms with Gasteiger partial charge in [0.25, 0.3) is 0 Å². The van der Waals surface area contributed by atoms with E-state index in [0.29, 0.717) is 13.1 Å². The predicted octanol–water partition coefficient (Wildman–Crippen LogP) is 1.59. The summed E-state index contributed by atoms with van der Waals surface area (Å²) < 4.78 is 11.1. The Balaban J connectivity index is 2.03. The van der Waals surface area contributed by atoms with Crippen LogP contribution in [0.3, 0.4) is 0 Å². The lowest BCUT2D eigenvalue weighted by atomic mass is 10.1. The van der Waals surface area contributed by atoms with Crippen LogP contribution in [0.2, 0.25) is 0 Å². The van der Waals surface area contributed by atoms with Crippen LogP contribution in [-0.4, -0.2) is 31.3 Å². The Kier molecular flexibility index (Phi) is 3.87. The second-order valence-corrected chi connectivity index (χ2v) is 4.71. The van der Waals surface area contributed by atoms with Gasteiger partial charge >= 0.3 is 5.97 Å². The van der Waals surface area contributed by atoms with E-state index in [4.69, 9.17) is 9.47 Å². The first-order chi connectivity index (χ1) is 8.56. The van der Waals surface area contributed by atoms with Crippen molar-refractivity contribution in [3.63, 3.8) is 0 Å². The van der Waals surface area contributed by atoms with E-state index in [1.54, 1.807) is 0 Å². The van der Waals surface area contributed by atoms with E-state index >= 15 is 0 Å². The van der Waals surface area contributed by atoms with Crippen LogP contribution in [-0.2, 0) is 9.53 Å². The minimum Gasteiger partial charge on any atom is -0.485 e. The van der Waals surface area contributed by atoms with Crippen LogP contribution in [0.15, 0.2) is 18.2 Å². The van der Waals surface area contributed by atoms with Crippen molar-refractivity contribution in [1.82, 2.24) is 5.32 Å². The Morgan fingerprint density at radius 3 is 2.61 bits per heavy atom. The second-order valence-electron chi connectivity index (χ2n) is 4.71. The van der Waals surface area contributed by atoms with E-state index < -0.39 is 0 Å². The zero-order valence-electron chi connectivity index (χ0n) is 11.0. The summed E-state index contributed by atoms with van der Waals surface area (Å²) in [5, 5.41) is 3.17. The number of ether oxygens (including phenoxy) is 2. The number of hydrogen-bond donors (Lipinski definition) is 1. The zero-order valence-corrected chi connectivity index (χ0v) is 11.0. The molecule has 1 aromatic carbocycles. The van der Waals surface area contributed by atoms with Crippen molar-refractivity contribution in [2.75, 3.05) is 13.1 Å². The molecule has 1 fully saturated rings. The first-order valence-corrected chi connectivity index (χ1v) is 6.18. The van der Waals surface area contributed by atoms with Crippen LogP contribution < -0.4 is 10.1 Å². The zero-order chi connectivity index (χ0) is 13.1. The molecule has 0 saturated carbocycles. The summed E-state index contributed by atoms with van der Waals surface area (Å²) in [7, 11) is 0. The molecule has 1 heterocycles. The Bertz CT molecular complexity index is 445. The third-order valence-electron chi connectivity index (χ3n) is 3.19. The number of benzene rings is 1. The molecule has 0 bridgehead atoms. The smallest absolute Gasteiger partial charge is 0.303 e. The van der Waals surface area contributed by atoms with E-state index in [1.165, 1.54) is 18.1 Å². The molecule has 1 saturated heterocycles. The van der Waals surface area contributed by atoms with Crippen molar-refractivity contribution in [3.8, 4) is 5.75 Å². The van der Waals surface area contributed by atoms with Crippen molar-refractivity contribution in [2.45, 2.75) is 33.0 Å². The molecular formula is C14H19NO3. The first-order valence-electron chi connectivity index (χ1n) is 6.18. The van der Waals surface area contributed by atoms with Crippen LogP contribution in [0, 0.1) is 13.8 Å². The molecule has 18 heavy (non-hydrogen) atoms. The van der Waals surface area contributed by atoms with Gasteiger partial charge in [0.15, 0.2) is 6.10 Å². The number of hydrogen-bond acceptors (Lipinski definition) is 4. The maximum Gasteiger partial charge on any atom is 0.303 e. The Hall–Kier alpha value is -1.55. The fourth-order valence-corrected chi connectivity index (χ4v) is 2.04. The molecule has 98 valence electrons. The molecule has 4 nitrogen and oxygen atoms in total. The quantitative estimate of drug-likeness (QED) is 0.826. The van der Waals surface area contributed by atoms with Crippen LogP contribution in [0.1, 0.15) is 18.1 Å². The second kappa shape index (κ2) is 5.40. The molecule has 2 rings (SSSR count). The number of carbonyl (C=O) groups is 1. The van der Waals surface area contributed by atoms with Crippen molar-refractivity contribution >= 4 is 5.97 Å². The van der Waals surface area contributed by atoms with Gasteiger partial charge in [-0.15, -0.1) is 0 Å². The molecule has 0 radical (unpaired) electrons. The SMILES string of the molecule is CC(=O)O[C@@H]1CNC[C@H]1Oc1ccc(C)c(C)c1. The highest BCUT2D eigenvalue weighted by Gasteiger charge is 2.31. The summed E-state index contributed by atoms with van der Waals surface area (Å²) in [6.45, 7) is 6.89. The Morgan fingerprint density at radius 2 is 1.94 bits per heavy atom. The largest absolute Gasteiger partial charge is 0.485 e. The number of rotatable bonds is 3. The van der Waals surface area contributed by atoms with Crippen molar-refractivity contribution in [2.24, 2.45) is 0 Å². The molecule has 0 aromatic heterocycles. The molecule has 1 aliphatic heterocycles. The van der Waals surface area contributed by atoms with Gasteiger partial charge in [-0.25, -0.2) is 0 Å². The van der Waals surface area contributed by atoms with Crippen LogP contribution in [0.5, 0.6) is 5.75 Å². The van der Waals surface area contributed by atoms with Gasteiger partial charge in [0.1, 0.15) is 11.9 Å². The lowest BCUT2D eigenvalue weighted by Crippen LogP contribution is -2.33. The van der Waals surface area contributed by atoms with E-state index in [1.807, 2.05) is 18.2 Å². The Labute approximate surface area is 107 Å². The fourth-order valence-electron chi connectivity index (χ4n) is 2.04. The van der Waals surface area contributed by atoms with Crippen LogP contribution in [0.25, 0.3) is 0 Å². The first kappa shape index (κ1) is 12.9. The molecule has 0 aliphatic carbocycles. The molecular weight excluding hydrogens is 230 g/mol. The topological polar surface area (TPSA) is 47.6 Å². The minimum absolute atomic E-state index is 0.115. The number of carbonyl (C=O) groups excluding carboxylic acids is 1. The Morgan fingerprint density at radius 1 is 1.22 bits per heavy atom. The maximum atomic E-state index is 11.0. The van der Waals surface area contributed by atoms with Crippen molar-refractivity contribution < 1.29 is 14.3 Å². The minimum atomic E-state index is -0.266. The van der Waals surface area contributed by atoms with Gasteiger partial charge in [-0.1, -0.05) is 6.07 Å². The average molecular weight is 249 g/mol. The molecule has 4 heteroatoms. The molecule has 1 N–H and O–H groups in total. The van der Waals surface area contributed by atoms with Gasteiger partial charge in [-0.3, -0.25) is 4.79 Å². The summed E-state index contributed by atoms with van der Waals surface area (Å²) in [6.07, 6.45) is -0.319. The highest BCUT2D eigenvalue weighted by Crippen LogP contribution is 2.20. The fraction of sp³-hybridized carbons (Fsp3) is 0.500. The van der Waals surface area contributed by atoms with Crippen LogP contribution >= 0.6 is 0 Å². The normalized spacial score (nSPS) is 22.8. The molecule has 0 amide bonds. The maximum absolute atomic E-state index is 11.0. The van der Waals surface area contributed by atoms with Crippen molar-refractivity contribution in [3.05, 3.63) is 29.3 Å². The standard InChI is InChI=1S/C14H19NO3/c1-9-4-5-12(6-10(9)2)18-14-8-15-7-13(14)17-11(3)16/h4-6,13-15H,7-8H2,1-3H3/t13-,14-/m1/s1. The van der Waals surface area contributed by atoms with E-state index in [9.17, 15) is 4.79 Å². The monoisotopic (exact) mass is 249 g/mol. The average Bonchev–Trinajstić information content (AvgIpc) is 2.70. The summed E-state index contributed by atoms with van der Waals surface area (Å²) in [5.74, 6) is 0.557. The molecule has 0 spiro atoms. The van der Waals surface area contributed by atoms with Gasteiger partial charge in [0.05, 0.1) is 0 Å². The summed E-state index contributed by atoms with van der Waals surface area (Å²) in [5.41, 5.74) is 2.44. The van der Waals surface area contributed by atoms with Gasteiger partial charge in [-0.2, -0.15) is 0 Å². The third kappa shape index (κ3) is 3.01. The summed E-state index contributed by atoms with van der Waals surface area (Å²) >= 11 is 0. The molecule has 1 aliphatic rings. The van der Waals surface area contributed by atoms with Gasteiger partial charge in [0, 0.05) is 20.0 Å². The van der Waals surface area contributed by atoms with Gasteiger partial charge in [-0.05, 0) is 37.1 Å². The van der Waals surface area contributed by atoms with Crippen molar-refractivity contribution in [1.29, 1.82) is 0 Å². The highest BCUT2D eigenvalue weighted by atomic mass is 16.6. The molecule has 0 unspecified atom stereocenters.